The fraction of sp³-hybridized carbons (Fsp3) is 0.0833. The van der Waals surface area contributed by atoms with Crippen LogP contribution in [0.2, 0.25) is 0 Å². The number of aryl methyl sites for hydroxylation is 1. The maximum atomic E-state index is 13.1. The van der Waals surface area contributed by atoms with Crippen LogP contribution in [0.25, 0.3) is 4.96 Å². The van der Waals surface area contributed by atoms with Gasteiger partial charge in [0.2, 0.25) is 5.03 Å². The minimum absolute atomic E-state index is 0.0749. The van der Waals surface area contributed by atoms with E-state index in [0.29, 0.717) is 16.2 Å². The van der Waals surface area contributed by atoms with Gasteiger partial charge in [-0.15, -0.1) is 11.3 Å². The van der Waals surface area contributed by atoms with Crippen molar-refractivity contribution in [3.63, 3.8) is 0 Å². The van der Waals surface area contributed by atoms with Gasteiger partial charge in [0.15, 0.2) is 10.8 Å². The molecule has 2 aromatic heterocycles. The molecule has 110 valence electrons. The van der Waals surface area contributed by atoms with Crippen molar-refractivity contribution in [2.45, 2.75) is 11.9 Å². The maximum absolute atomic E-state index is 13.1. The van der Waals surface area contributed by atoms with Crippen molar-refractivity contribution in [3.8, 4) is 0 Å². The van der Waals surface area contributed by atoms with E-state index in [4.69, 9.17) is 5.73 Å². The van der Waals surface area contributed by atoms with E-state index in [1.165, 1.54) is 33.9 Å². The van der Waals surface area contributed by atoms with E-state index in [-0.39, 0.29) is 10.8 Å². The summed E-state index contributed by atoms with van der Waals surface area (Å²) in [6.45, 7) is 1.61. The first-order valence-electron chi connectivity index (χ1n) is 5.88. The Bertz CT molecular complexity index is 930. The third-order valence-corrected chi connectivity index (χ3v) is 5.09. The molecule has 3 aromatic rings. The highest BCUT2D eigenvalue weighted by molar-refractivity contribution is 7.92. The first-order valence-corrected chi connectivity index (χ1v) is 8.25. The van der Waals surface area contributed by atoms with Crippen molar-refractivity contribution < 1.29 is 12.8 Å². The number of nitrogens with zero attached hydrogens (tertiary/aromatic N) is 2. The van der Waals surface area contributed by atoms with Gasteiger partial charge in [-0.25, -0.2) is 9.37 Å². The number of sulfonamides is 1. The molecule has 0 aliphatic carbocycles. The number of nitrogens with two attached hydrogens (primary N) is 1. The average molecular weight is 326 g/mol. The number of thiazole rings is 1. The molecule has 0 fully saturated rings. The zero-order chi connectivity index (χ0) is 15.2. The standard InChI is InChI=1S/C12H11FN4O2S2/c1-7-6-8(13)2-3-9(7)16-21(18,19)11-10(14)15-12-17(11)4-5-20-12/h2-6,16H,14H2,1H3. The lowest BCUT2D eigenvalue weighted by Crippen LogP contribution is -2.17. The Hall–Kier alpha value is -2.13. The van der Waals surface area contributed by atoms with Gasteiger partial charge in [-0.05, 0) is 30.7 Å². The lowest BCUT2D eigenvalue weighted by Gasteiger charge is -2.10. The van der Waals surface area contributed by atoms with Gasteiger partial charge in [-0.3, -0.25) is 9.12 Å². The Balaban J connectivity index is 2.08. The van der Waals surface area contributed by atoms with E-state index >= 15 is 0 Å². The van der Waals surface area contributed by atoms with Gasteiger partial charge in [0.1, 0.15) is 5.82 Å². The number of hydrogen-bond donors (Lipinski definition) is 2. The summed E-state index contributed by atoms with van der Waals surface area (Å²) in [7, 11) is -3.92. The van der Waals surface area contributed by atoms with Crippen molar-refractivity contribution in [1.82, 2.24) is 9.38 Å². The Kier molecular flexibility index (Phi) is 3.10. The number of nitrogens with one attached hydrogen (secondary N) is 1. The van der Waals surface area contributed by atoms with Crippen molar-refractivity contribution in [2.75, 3.05) is 10.5 Å². The molecule has 0 amide bonds. The molecule has 0 aliphatic heterocycles. The molecule has 0 spiro atoms. The summed E-state index contributed by atoms with van der Waals surface area (Å²) in [5.74, 6) is -0.506. The molecule has 21 heavy (non-hydrogen) atoms. The summed E-state index contributed by atoms with van der Waals surface area (Å²) >= 11 is 1.28. The third-order valence-electron chi connectivity index (χ3n) is 2.93. The third kappa shape index (κ3) is 2.34. The number of aromatic nitrogens is 2. The van der Waals surface area contributed by atoms with Gasteiger partial charge in [0, 0.05) is 11.6 Å². The minimum atomic E-state index is -3.92. The molecule has 0 unspecified atom stereocenters. The van der Waals surface area contributed by atoms with Gasteiger partial charge in [0.05, 0.1) is 5.69 Å². The summed E-state index contributed by atoms with van der Waals surface area (Å²) in [4.78, 5) is 4.49. The molecule has 9 heteroatoms. The number of nitrogen functional groups attached to an aromatic ring is 1. The highest BCUT2D eigenvalue weighted by atomic mass is 32.2. The minimum Gasteiger partial charge on any atom is -0.381 e. The molecular formula is C12H11FN4O2S2. The summed E-state index contributed by atoms with van der Waals surface area (Å²) < 4.78 is 41.9. The molecule has 6 nitrogen and oxygen atoms in total. The molecule has 0 aliphatic rings. The number of benzene rings is 1. The van der Waals surface area contributed by atoms with Crippen LogP contribution in [0.3, 0.4) is 0 Å². The Labute approximate surface area is 124 Å². The van der Waals surface area contributed by atoms with Crippen molar-refractivity contribution in [3.05, 3.63) is 41.2 Å². The second-order valence-electron chi connectivity index (χ2n) is 4.42. The number of anilines is 2. The molecule has 1 aromatic carbocycles. The summed E-state index contributed by atoms with van der Waals surface area (Å²) in [5, 5.41) is 1.59. The predicted molar refractivity (Wildman–Crippen MR) is 79.4 cm³/mol. The van der Waals surface area contributed by atoms with Crippen LogP contribution < -0.4 is 10.5 Å². The molecule has 0 radical (unpaired) electrons. The number of halogens is 1. The van der Waals surface area contributed by atoms with E-state index in [1.54, 1.807) is 18.5 Å². The van der Waals surface area contributed by atoms with E-state index in [9.17, 15) is 12.8 Å². The van der Waals surface area contributed by atoms with Gasteiger partial charge < -0.3 is 5.73 Å². The second kappa shape index (κ2) is 4.71. The average Bonchev–Trinajstić information content (AvgIpc) is 2.91. The van der Waals surface area contributed by atoms with E-state index in [2.05, 4.69) is 9.71 Å². The van der Waals surface area contributed by atoms with Crippen LogP contribution in [0.4, 0.5) is 15.9 Å². The molecule has 0 bridgehead atoms. The molecule has 3 rings (SSSR count). The number of rotatable bonds is 3. The van der Waals surface area contributed by atoms with Crippen molar-refractivity contribution in [2.24, 2.45) is 0 Å². The molecule has 0 atom stereocenters. The molecule has 0 saturated heterocycles. The van der Waals surface area contributed by atoms with E-state index in [0.717, 1.165) is 0 Å². The fourth-order valence-corrected chi connectivity index (χ4v) is 4.10. The fourth-order valence-electron chi connectivity index (χ4n) is 1.98. The smallest absolute Gasteiger partial charge is 0.281 e. The molecule has 2 heterocycles. The van der Waals surface area contributed by atoms with Crippen LogP contribution in [-0.4, -0.2) is 17.8 Å². The summed E-state index contributed by atoms with van der Waals surface area (Å²) in [6.07, 6.45) is 1.58. The Morgan fingerprint density at radius 2 is 2.19 bits per heavy atom. The van der Waals surface area contributed by atoms with Gasteiger partial charge in [-0.1, -0.05) is 0 Å². The van der Waals surface area contributed by atoms with Gasteiger partial charge >= 0.3 is 0 Å². The summed E-state index contributed by atoms with van der Waals surface area (Å²) in [6, 6.07) is 3.80. The lowest BCUT2D eigenvalue weighted by molar-refractivity contribution is 0.597. The zero-order valence-corrected chi connectivity index (χ0v) is 12.5. The highest BCUT2D eigenvalue weighted by Crippen LogP contribution is 2.26. The normalized spacial score (nSPS) is 11.9. The van der Waals surface area contributed by atoms with Crippen LogP contribution in [0.5, 0.6) is 0 Å². The van der Waals surface area contributed by atoms with Crippen LogP contribution in [0.1, 0.15) is 5.56 Å². The Morgan fingerprint density at radius 3 is 2.90 bits per heavy atom. The van der Waals surface area contributed by atoms with Crippen LogP contribution in [0.15, 0.2) is 34.8 Å². The molecular weight excluding hydrogens is 315 g/mol. The highest BCUT2D eigenvalue weighted by Gasteiger charge is 2.25. The molecule has 3 N–H and O–H groups in total. The van der Waals surface area contributed by atoms with Crippen molar-refractivity contribution >= 4 is 37.8 Å². The monoisotopic (exact) mass is 326 g/mol. The van der Waals surface area contributed by atoms with Crippen molar-refractivity contribution in [1.29, 1.82) is 0 Å². The van der Waals surface area contributed by atoms with Crippen LogP contribution in [0, 0.1) is 12.7 Å². The lowest BCUT2D eigenvalue weighted by atomic mass is 10.2. The van der Waals surface area contributed by atoms with Crippen LogP contribution >= 0.6 is 11.3 Å². The topological polar surface area (TPSA) is 89.5 Å². The Morgan fingerprint density at radius 1 is 1.43 bits per heavy atom. The number of imidazole rings is 1. The largest absolute Gasteiger partial charge is 0.381 e. The zero-order valence-electron chi connectivity index (χ0n) is 10.9. The predicted octanol–water partition coefficient (Wildman–Crippen LogP) is 2.23. The number of fused-ring (bicyclic) bond motifs is 1. The SMILES string of the molecule is Cc1cc(F)ccc1NS(=O)(=O)c1c(N)nc2sccn12. The summed E-state index contributed by atoms with van der Waals surface area (Å²) in [5.41, 5.74) is 6.46. The quantitative estimate of drug-likeness (QED) is 0.772. The first kappa shape index (κ1) is 13.8. The number of hydrogen-bond acceptors (Lipinski definition) is 5. The van der Waals surface area contributed by atoms with Gasteiger partial charge in [0.25, 0.3) is 10.0 Å². The van der Waals surface area contributed by atoms with E-state index in [1.807, 2.05) is 0 Å². The van der Waals surface area contributed by atoms with Crippen LogP contribution in [-0.2, 0) is 10.0 Å². The van der Waals surface area contributed by atoms with Gasteiger partial charge in [-0.2, -0.15) is 8.42 Å². The first-order chi connectivity index (χ1) is 9.88. The maximum Gasteiger partial charge on any atom is 0.281 e. The second-order valence-corrected chi connectivity index (χ2v) is 6.89. The molecule has 0 saturated carbocycles. The van der Waals surface area contributed by atoms with E-state index < -0.39 is 15.8 Å².